The van der Waals surface area contributed by atoms with Gasteiger partial charge >= 0.3 is 5.69 Å². The molecule has 0 radical (unpaired) electrons. The summed E-state index contributed by atoms with van der Waals surface area (Å²) in [6, 6.07) is 4.80. The van der Waals surface area contributed by atoms with Gasteiger partial charge in [-0.25, -0.2) is 4.79 Å². The standard InChI is InChI=1S/C14H16N4O3/c1-17-13(20)10-8-9(2-3-11(10)16-14(17)21)12(19)18-6-4-15-5-7-18/h2-3,8,15H,4-7H2,1H3,(H,16,21). The van der Waals surface area contributed by atoms with Crippen LogP contribution in [0.1, 0.15) is 10.4 Å². The predicted molar refractivity (Wildman–Crippen MR) is 78.6 cm³/mol. The van der Waals surface area contributed by atoms with Crippen LogP contribution in [0, 0.1) is 0 Å². The third kappa shape index (κ3) is 2.36. The van der Waals surface area contributed by atoms with Crippen molar-refractivity contribution in [3.63, 3.8) is 0 Å². The van der Waals surface area contributed by atoms with Crippen LogP contribution in [-0.2, 0) is 7.05 Å². The van der Waals surface area contributed by atoms with E-state index < -0.39 is 11.2 Å². The topological polar surface area (TPSA) is 87.2 Å². The zero-order chi connectivity index (χ0) is 15.0. The highest BCUT2D eigenvalue weighted by atomic mass is 16.2. The molecule has 7 nitrogen and oxygen atoms in total. The molecule has 7 heteroatoms. The van der Waals surface area contributed by atoms with Crippen LogP contribution in [-0.4, -0.2) is 46.5 Å². The summed E-state index contributed by atoms with van der Waals surface area (Å²) in [6.07, 6.45) is 0. The SMILES string of the molecule is Cn1c(=O)[nH]c2ccc(C(=O)N3CCNCC3)cc2c1=O. The van der Waals surface area contributed by atoms with Gasteiger partial charge in [0, 0.05) is 38.8 Å². The fourth-order valence-corrected chi connectivity index (χ4v) is 2.49. The lowest BCUT2D eigenvalue weighted by atomic mass is 10.1. The summed E-state index contributed by atoms with van der Waals surface area (Å²) >= 11 is 0. The average Bonchev–Trinajstić information content (AvgIpc) is 2.53. The lowest BCUT2D eigenvalue weighted by Gasteiger charge is -2.27. The Labute approximate surface area is 120 Å². The summed E-state index contributed by atoms with van der Waals surface area (Å²) in [4.78, 5) is 40.5. The molecule has 0 unspecified atom stereocenters. The fourth-order valence-electron chi connectivity index (χ4n) is 2.49. The van der Waals surface area contributed by atoms with Crippen molar-refractivity contribution in [2.45, 2.75) is 0 Å². The van der Waals surface area contributed by atoms with E-state index in [0.29, 0.717) is 29.6 Å². The maximum Gasteiger partial charge on any atom is 0.328 e. The largest absolute Gasteiger partial charge is 0.336 e. The quantitative estimate of drug-likeness (QED) is 0.724. The molecule has 1 fully saturated rings. The van der Waals surface area contributed by atoms with Crippen molar-refractivity contribution in [1.29, 1.82) is 0 Å². The molecule has 3 rings (SSSR count). The minimum Gasteiger partial charge on any atom is -0.336 e. The van der Waals surface area contributed by atoms with Crippen molar-refractivity contribution in [2.75, 3.05) is 26.2 Å². The van der Waals surface area contributed by atoms with Gasteiger partial charge in [0.1, 0.15) is 0 Å². The monoisotopic (exact) mass is 288 g/mol. The molecule has 0 spiro atoms. The number of piperazine rings is 1. The molecule has 0 bridgehead atoms. The smallest absolute Gasteiger partial charge is 0.328 e. The molecule has 1 saturated heterocycles. The summed E-state index contributed by atoms with van der Waals surface area (Å²) in [5.74, 6) is -0.0911. The average molecular weight is 288 g/mol. The number of nitrogens with one attached hydrogen (secondary N) is 2. The van der Waals surface area contributed by atoms with Crippen LogP contribution in [0.5, 0.6) is 0 Å². The molecular weight excluding hydrogens is 272 g/mol. The molecule has 2 N–H and O–H groups in total. The molecule has 2 aromatic rings. The lowest BCUT2D eigenvalue weighted by molar-refractivity contribution is 0.0736. The Kier molecular flexibility index (Phi) is 3.34. The van der Waals surface area contributed by atoms with Crippen LogP contribution >= 0.6 is 0 Å². The van der Waals surface area contributed by atoms with Gasteiger partial charge in [-0.2, -0.15) is 0 Å². The Morgan fingerprint density at radius 2 is 1.90 bits per heavy atom. The van der Waals surface area contributed by atoms with Gasteiger partial charge in [0.05, 0.1) is 10.9 Å². The number of fused-ring (bicyclic) bond motifs is 1. The second-order valence-corrected chi connectivity index (χ2v) is 5.10. The first-order valence-electron chi connectivity index (χ1n) is 6.81. The van der Waals surface area contributed by atoms with Crippen LogP contribution in [0.2, 0.25) is 0 Å². The minimum absolute atomic E-state index is 0.0911. The predicted octanol–water partition coefficient (Wildman–Crippen LogP) is -0.728. The summed E-state index contributed by atoms with van der Waals surface area (Å²) in [7, 11) is 1.41. The molecule has 110 valence electrons. The number of nitrogens with zero attached hydrogens (tertiary/aromatic N) is 2. The second kappa shape index (κ2) is 5.17. The Hall–Kier alpha value is -2.41. The Morgan fingerprint density at radius 3 is 2.62 bits per heavy atom. The van der Waals surface area contributed by atoms with Crippen molar-refractivity contribution in [3.05, 3.63) is 44.6 Å². The summed E-state index contributed by atoms with van der Waals surface area (Å²) < 4.78 is 1.00. The molecule has 1 amide bonds. The first kappa shape index (κ1) is 13.6. The highest BCUT2D eigenvalue weighted by Crippen LogP contribution is 2.12. The van der Waals surface area contributed by atoms with Crippen molar-refractivity contribution in [2.24, 2.45) is 7.05 Å². The van der Waals surface area contributed by atoms with Gasteiger partial charge in [0.25, 0.3) is 11.5 Å². The number of rotatable bonds is 1. The van der Waals surface area contributed by atoms with Crippen LogP contribution < -0.4 is 16.6 Å². The molecule has 0 atom stereocenters. The number of carbonyl (C=O) groups is 1. The number of aromatic amines is 1. The molecule has 21 heavy (non-hydrogen) atoms. The summed E-state index contributed by atoms with van der Waals surface area (Å²) in [6.45, 7) is 2.85. The zero-order valence-corrected chi connectivity index (χ0v) is 11.7. The van der Waals surface area contributed by atoms with Crippen LogP contribution in [0.15, 0.2) is 27.8 Å². The van der Waals surface area contributed by atoms with E-state index in [9.17, 15) is 14.4 Å². The zero-order valence-electron chi connectivity index (χ0n) is 11.7. The number of H-pyrrole nitrogens is 1. The van der Waals surface area contributed by atoms with Crippen molar-refractivity contribution >= 4 is 16.8 Å². The van der Waals surface area contributed by atoms with Crippen LogP contribution in [0.25, 0.3) is 10.9 Å². The van der Waals surface area contributed by atoms with E-state index in [2.05, 4.69) is 10.3 Å². The maximum atomic E-state index is 12.4. The Balaban J connectivity index is 2.06. The Bertz CT molecular complexity index is 815. The highest BCUT2D eigenvalue weighted by molar-refractivity contribution is 5.97. The summed E-state index contributed by atoms with van der Waals surface area (Å²) in [5, 5.41) is 3.53. The van der Waals surface area contributed by atoms with E-state index in [4.69, 9.17) is 0 Å². The minimum atomic E-state index is -0.464. The third-order valence-corrected chi connectivity index (χ3v) is 3.75. The molecule has 2 heterocycles. The maximum absolute atomic E-state index is 12.4. The van der Waals surface area contributed by atoms with E-state index in [-0.39, 0.29) is 5.91 Å². The number of hydrogen-bond donors (Lipinski definition) is 2. The van der Waals surface area contributed by atoms with E-state index in [1.165, 1.54) is 7.05 Å². The van der Waals surface area contributed by atoms with E-state index >= 15 is 0 Å². The van der Waals surface area contributed by atoms with Crippen molar-refractivity contribution < 1.29 is 4.79 Å². The van der Waals surface area contributed by atoms with Gasteiger partial charge in [-0.15, -0.1) is 0 Å². The number of carbonyl (C=O) groups excluding carboxylic acids is 1. The van der Waals surface area contributed by atoms with Gasteiger partial charge in [-0.05, 0) is 18.2 Å². The molecule has 1 aromatic heterocycles. The first-order valence-corrected chi connectivity index (χ1v) is 6.81. The van der Waals surface area contributed by atoms with Crippen LogP contribution in [0.4, 0.5) is 0 Å². The van der Waals surface area contributed by atoms with Crippen molar-refractivity contribution in [1.82, 2.24) is 19.8 Å². The number of amides is 1. The summed E-state index contributed by atoms with van der Waals surface area (Å²) in [5.41, 5.74) is 0.0471. The van der Waals surface area contributed by atoms with E-state index in [0.717, 1.165) is 17.7 Å². The lowest BCUT2D eigenvalue weighted by Crippen LogP contribution is -2.46. The molecule has 0 aliphatic carbocycles. The normalized spacial score (nSPS) is 15.4. The van der Waals surface area contributed by atoms with Gasteiger partial charge in [-0.3, -0.25) is 14.2 Å². The van der Waals surface area contributed by atoms with E-state index in [1.807, 2.05) is 0 Å². The van der Waals surface area contributed by atoms with E-state index in [1.54, 1.807) is 23.1 Å². The second-order valence-electron chi connectivity index (χ2n) is 5.10. The Morgan fingerprint density at radius 1 is 1.19 bits per heavy atom. The molecule has 1 aromatic carbocycles. The van der Waals surface area contributed by atoms with Gasteiger partial charge in [0.15, 0.2) is 0 Å². The highest BCUT2D eigenvalue weighted by Gasteiger charge is 2.18. The number of benzene rings is 1. The number of hydrogen-bond acceptors (Lipinski definition) is 4. The fraction of sp³-hybridized carbons (Fsp3) is 0.357. The van der Waals surface area contributed by atoms with Gasteiger partial charge < -0.3 is 15.2 Å². The number of aromatic nitrogens is 2. The van der Waals surface area contributed by atoms with Crippen molar-refractivity contribution in [3.8, 4) is 0 Å². The molecule has 1 aliphatic rings. The van der Waals surface area contributed by atoms with Gasteiger partial charge in [-0.1, -0.05) is 0 Å². The molecule has 1 aliphatic heterocycles. The third-order valence-electron chi connectivity index (χ3n) is 3.75. The van der Waals surface area contributed by atoms with Gasteiger partial charge in [0.2, 0.25) is 0 Å². The molecular formula is C14H16N4O3. The van der Waals surface area contributed by atoms with Crippen LogP contribution in [0.3, 0.4) is 0 Å². The first-order chi connectivity index (χ1) is 10.1. The molecule has 0 saturated carbocycles.